The van der Waals surface area contributed by atoms with E-state index in [2.05, 4.69) is 73.4 Å². The first-order chi connectivity index (χ1) is 17.7. The van der Waals surface area contributed by atoms with Crippen LogP contribution in [-0.4, -0.2) is 48.1 Å². The van der Waals surface area contributed by atoms with Gasteiger partial charge in [0, 0.05) is 41.0 Å². The summed E-state index contributed by atoms with van der Waals surface area (Å²) in [4.78, 5) is 22.5. The zero-order valence-corrected chi connectivity index (χ0v) is 20.8. The van der Waals surface area contributed by atoms with Gasteiger partial charge >= 0.3 is 0 Å². The summed E-state index contributed by atoms with van der Waals surface area (Å²) in [6.07, 6.45) is 8.34. The van der Waals surface area contributed by atoms with Crippen molar-refractivity contribution in [2.24, 2.45) is 0 Å². The zero-order chi connectivity index (χ0) is 24.1. The number of nitrogens with zero attached hydrogens (tertiary/aromatic N) is 5. The Morgan fingerprint density at radius 2 is 1.86 bits per heavy atom. The molecule has 0 aliphatic carbocycles. The van der Waals surface area contributed by atoms with Crippen molar-refractivity contribution in [3.05, 3.63) is 71.5 Å². The molecule has 0 spiro atoms. The Labute approximate surface area is 212 Å². The molecule has 0 bridgehead atoms. The van der Waals surface area contributed by atoms with Gasteiger partial charge in [0.1, 0.15) is 16.9 Å². The van der Waals surface area contributed by atoms with E-state index in [9.17, 15) is 0 Å². The van der Waals surface area contributed by atoms with Gasteiger partial charge in [0.25, 0.3) is 0 Å². The quantitative estimate of drug-likeness (QED) is 0.300. The van der Waals surface area contributed by atoms with E-state index < -0.39 is 0 Å². The summed E-state index contributed by atoms with van der Waals surface area (Å²) in [5.41, 5.74) is 7.98. The molecule has 0 atom stereocenters. The van der Waals surface area contributed by atoms with Crippen molar-refractivity contribution in [3.8, 4) is 33.2 Å². The summed E-state index contributed by atoms with van der Waals surface area (Å²) in [5.74, 6) is 0.733. The number of nitrogens with one attached hydrogen (secondary N) is 2. The Morgan fingerprint density at radius 3 is 2.72 bits per heavy atom. The highest BCUT2D eigenvalue weighted by Gasteiger charge is 2.17. The number of fused-ring (bicyclic) bond motifs is 2. The second-order valence-corrected chi connectivity index (χ2v) is 10.7. The van der Waals surface area contributed by atoms with Crippen molar-refractivity contribution >= 4 is 33.3 Å². The fourth-order valence-electron chi connectivity index (χ4n) is 5.09. The zero-order valence-electron chi connectivity index (χ0n) is 20.0. The summed E-state index contributed by atoms with van der Waals surface area (Å²) < 4.78 is 0. The maximum atomic E-state index is 4.95. The Hall–Kier alpha value is -3.88. The lowest BCUT2D eigenvalue weighted by Crippen LogP contribution is -2.18. The minimum Gasteiger partial charge on any atom is -0.336 e. The molecule has 7 rings (SSSR count). The number of aromatic nitrogens is 6. The molecule has 5 aromatic heterocycles. The summed E-state index contributed by atoms with van der Waals surface area (Å²) in [6, 6.07) is 14.8. The van der Waals surface area contributed by atoms with E-state index in [1.54, 1.807) is 11.3 Å². The average Bonchev–Trinajstić information content (AvgIpc) is 3.70. The van der Waals surface area contributed by atoms with Gasteiger partial charge in [0.2, 0.25) is 0 Å². The molecule has 0 amide bonds. The van der Waals surface area contributed by atoms with Crippen molar-refractivity contribution in [3.63, 3.8) is 0 Å². The average molecular weight is 492 g/mol. The number of rotatable bonds is 5. The number of pyridine rings is 2. The molecule has 1 aliphatic rings. The van der Waals surface area contributed by atoms with Crippen LogP contribution in [0.5, 0.6) is 0 Å². The van der Waals surface area contributed by atoms with Crippen LogP contribution in [0.2, 0.25) is 0 Å². The van der Waals surface area contributed by atoms with Crippen LogP contribution in [0.25, 0.3) is 55.2 Å². The second-order valence-electron chi connectivity index (χ2n) is 9.45. The summed E-state index contributed by atoms with van der Waals surface area (Å²) in [7, 11) is 0. The normalized spacial score (nSPS) is 14.4. The SMILES string of the molecule is Cc1ccc(-c2nccc3[nH]c(-c4n[nH]c5ccc(-c6cncc(CN7CCCC7)c6)cc45)nc23)s1. The monoisotopic (exact) mass is 491 g/mol. The second kappa shape index (κ2) is 8.65. The van der Waals surface area contributed by atoms with E-state index in [0.29, 0.717) is 0 Å². The molecule has 1 fully saturated rings. The van der Waals surface area contributed by atoms with E-state index in [4.69, 9.17) is 4.98 Å². The van der Waals surface area contributed by atoms with E-state index in [1.165, 1.54) is 36.4 Å². The predicted octanol–water partition coefficient (Wildman–Crippen LogP) is 6.20. The molecule has 7 nitrogen and oxygen atoms in total. The lowest BCUT2D eigenvalue weighted by atomic mass is 10.0. The molecule has 8 heteroatoms. The fourth-order valence-corrected chi connectivity index (χ4v) is 5.96. The molecule has 0 unspecified atom stereocenters. The van der Waals surface area contributed by atoms with E-state index >= 15 is 0 Å². The molecule has 2 N–H and O–H groups in total. The number of H-pyrrole nitrogens is 2. The fraction of sp³-hybridized carbons (Fsp3) is 0.214. The largest absolute Gasteiger partial charge is 0.336 e. The van der Waals surface area contributed by atoms with Crippen LogP contribution < -0.4 is 0 Å². The van der Waals surface area contributed by atoms with Crippen LogP contribution in [0.4, 0.5) is 0 Å². The first-order valence-electron chi connectivity index (χ1n) is 12.3. The van der Waals surface area contributed by atoms with Crippen LogP contribution in [0.3, 0.4) is 0 Å². The third-order valence-electron chi connectivity index (χ3n) is 6.89. The van der Waals surface area contributed by atoms with Gasteiger partial charge in [-0.05, 0) is 80.4 Å². The summed E-state index contributed by atoms with van der Waals surface area (Å²) >= 11 is 1.73. The molecule has 36 heavy (non-hydrogen) atoms. The number of likely N-dealkylation sites (tertiary alicyclic amines) is 1. The van der Waals surface area contributed by atoms with Gasteiger partial charge < -0.3 is 4.98 Å². The molecular formula is C28H25N7S. The Bertz CT molecular complexity index is 1700. The van der Waals surface area contributed by atoms with Crippen LogP contribution in [-0.2, 0) is 6.54 Å². The van der Waals surface area contributed by atoms with Gasteiger partial charge in [0.15, 0.2) is 5.82 Å². The van der Waals surface area contributed by atoms with Crippen molar-refractivity contribution in [2.45, 2.75) is 26.3 Å². The Kier molecular flexibility index (Phi) is 5.15. The predicted molar refractivity (Wildman–Crippen MR) is 145 cm³/mol. The highest BCUT2D eigenvalue weighted by Crippen LogP contribution is 2.34. The lowest BCUT2D eigenvalue weighted by Gasteiger charge is -2.14. The molecule has 0 radical (unpaired) electrons. The Balaban J connectivity index is 1.28. The van der Waals surface area contributed by atoms with E-state index in [0.717, 1.165) is 61.7 Å². The number of thiophene rings is 1. The van der Waals surface area contributed by atoms with Crippen LogP contribution in [0.15, 0.2) is 61.1 Å². The number of benzene rings is 1. The minimum absolute atomic E-state index is 0.733. The van der Waals surface area contributed by atoms with Gasteiger partial charge in [-0.1, -0.05) is 6.07 Å². The summed E-state index contributed by atoms with van der Waals surface area (Å²) in [5, 5.41) is 8.83. The third-order valence-corrected chi connectivity index (χ3v) is 7.90. The van der Waals surface area contributed by atoms with Gasteiger partial charge in [-0.2, -0.15) is 5.10 Å². The number of hydrogen-bond acceptors (Lipinski definition) is 6. The van der Waals surface area contributed by atoms with E-state index in [-0.39, 0.29) is 0 Å². The maximum Gasteiger partial charge on any atom is 0.159 e. The smallest absolute Gasteiger partial charge is 0.159 e. The molecular weight excluding hydrogens is 466 g/mol. The molecule has 6 heterocycles. The van der Waals surface area contributed by atoms with Crippen molar-refractivity contribution in [1.29, 1.82) is 0 Å². The topological polar surface area (TPSA) is 86.4 Å². The van der Waals surface area contributed by atoms with Crippen LogP contribution in [0, 0.1) is 6.92 Å². The number of hydrogen-bond donors (Lipinski definition) is 2. The first-order valence-corrected chi connectivity index (χ1v) is 13.1. The van der Waals surface area contributed by atoms with Gasteiger partial charge in [0.05, 0.1) is 15.9 Å². The van der Waals surface area contributed by atoms with E-state index in [1.807, 2.05) is 24.7 Å². The minimum atomic E-state index is 0.733. The van der Waals surface area contributed by atoms with Crippen molar-refractivity contribution in [2.75, 3.05) is 13.1 Å². The molecule has 1 aromatic carbocycles. The molecule has 6 aromatic rings. The van der Waals surface area contributed by atoms with Crippen molar-refractivity contribution in [1.82, 2.24) is 35.0 Å². The first kappa shape index (κ1) is 21.4. The molecule has 1 saturated heterocycles. The standard InChI is InChI=1S/C28H25N7S/c1-17-4-7-24(36-17)27-26-23(8-9-30-27)31-28(32-26)25-21-13-19(5-6-22(21)33-34-25)20-12-18(14-29-15-20)16-35-10-2-3-11-35/h4-9,12-15H,2-3,10-11,16H2,1H3,(H,31,32)(H,33,34). The highest BCUT2D eigenvalue weighted by molar-refractivity contribution is 7.15. The maximum absolute atomic E-state index is 4.95. The lowest BCUT2D eigenvalue weighted by molar-refractivity contribution is 0.331. The Morgan fingerprint density at radius 1 is 0.944 bits per heavy atom. The highest BCUT2D eigenvalue weighted by atomic mass is 32.1. The molecule has 0 saturated carbocycles. The van der Waals surface area contributed by atoms with Crippen molar-refractivity contribution < 1.29 is 0 Å². The van der Waals surface area contributed by atoms with Crippen LogP contribution in [0.1, 0.15) is 23.3 Å². The van der Waals surface area contributed by atoms with Crippen LogP contribution >= 0.6 is 11.3 Å². The molecule has 1 aliphatic heterocycles. The van der Waals surface area contributed by atoms with Gasteiger partial charge in [-0.3, -0.25) is 20.0 Å². The number of imidazole rings is 1. The third kappa shape index (κ3) is 3.79. The summed E-state index contributed by atoms with van der Waals surface area (Å²) in [6.45, 7) is 5.42. The molecule has 178 valence electrons. The number of aryl methyl sites for hydroxylation is 1. The number of aromatic amines is 2. The van der Waals surface area contributed by atoms with Gasteiger partial charge in [-0.15, -0.1) is 11.3 Å². The van der Waals surface area contributed by atoms with Gasteiger partial charge in [-0.25, -0.2) is 4.98 Å².